The van der Waals surface area contributed by atoms with E-state index >= 15 is 0 Å². The van der Waals surface area contributed by atoms with Gasteiger partial charge in [-0.15, -0.1) is 6.58 Å². The number of ether oxygens (including phenoxy) is 2. The molecule has 6 aromatic rings. The first-order chi connectivity index (χ1) is 30.6. The van der Waals surface area contributed by atoms with Gasteiger partial charge < -0.3 is 26.2 Å². The van der Waals surface area contributed by atoms with E-state index in [1.54, 1.807) is 13.0 Å². The summed E-state index contributed by atoms with van der Waals surface area (Å²) in [7, 11) is -12.3. The average Bonchev–Trinajstić information content (AvgIpc) is 3.32. The first-order valence-corrected chi connectivity index (χ1v) is 31.8. The van der Waals surface area contributed by atoms with Crippen LogP contribution >= 0.6 is 0 Å². The summed E-state index contributed by atoms with van der Waals surface area (Å²) in [5.41, 5.74) is 0.370. The molecule has 0 aliphatic heterocycles. The van der Waals surface area contributed by atoms with Gasteiger partial charge in [0.05, 0.1) is 26.4 Å². The van der Waals surface area contributed by atoms with Gasteiger partial charge in [0.25, 0.3) is 0 Å². The SMILES string of the molecule is C=C(C)C(=O)OCCC[Si](O[SiH](c1ccccc1)c1ccccc1)(O[SiH](c1ccccc1)c1ccccc1)O[SiH](c1ccccc1)c1ccccc1.C=CCOCCO[Si](C)(C)C. The lowest BCUT2D eigenvalue weighted by atomic mass is 10.4. The standard InChI is InChI=1S/C43H44O5Si4.C8H18O2Si/c1-36(2)43(44)45-34-21-35-52(46-49(37-22-9-3-10-23-37)38-24-11-4-12-25-38,47-50(39-26-13-5-14-27-39)40-28-15-6-16-29-40)48-51(41-30-17-7-18-31-41)42-32-19-8-20-33-42;1-5-6-9-7-8-10-11(2,3)4/h3-20,22-33,49-51H,1,21,34-35H2,2H3;5H,1,6-8H2,2-4H3. The molecule has 0 aliphatic rings. The Morgan fingerprint density at radius 2 is 0.841 bits per heavy atom. The number of hydrogen-bond acceptors (Lipinski definition) is 7. The zero-order valence-electron chi connectivity index (χ0n) is 37.1. The van der Waals surface area contributed by atoms with E-state index in [9.17, 15) is 4.79 Å². The second-order valence-electron chi connectivity index (χ2n) is 16.0. The molecule has 6 aromatic carbocycles. The lowest BCUT2D eigenvalue weighted by Gasteiger charge is -2.39. The summed E-state index contributed by atoms with van der Waals surface area (Å²) in [6, 6.07) is 63.4. The van der Waals surface area contributed by atoms with E-state index < -0.39 is 50.2 Å². The van der Waals surface area contributed by atoms with Crippen molar-refractivity contribution >= 4 is 81.3 Å². The topological polar surface area (TPSA) is 72.5 Å². The van der Waals surface area contributed by atoms with Crippen molar-refractivity contribution in [1.82, 2.24) is 0 Å². The third kappa shape index (κ3) is 16.7. The molecule has 7 nitrogen and oxygen atoms in total. The molecule has 0 bridgehead atoms. The Kier molecular flexibility index (Phi) is 20.3. The van der Waals surface area contributed by atoms with Gasteiger partial charge in [0.1, 0.15) is 0 Å². The molecule has 0 saturated heterocycles. The Balaban J connectivity index is 0.000000600. The highest BCUT2D eigenvalue weighted by Gasteiger charge is 2.48. The van der Waals surface area contributed by atoms with Crippen molar-refractivity contribution in [2.75, 3.05) is 26.4 Å². The van der Waals surface area contributed by atoms with Crippen molar-refractivity contribution < 1.29 is 31.0 Å². The molecular weight excluding hydrogens is 865 g/mol. The van der Waals surface area contributed by atoms with Crippen LogP contribution < -0.4 is 31.1 Å². The fourth-order valence-electron chi connectivity index (χ4n) is 6.70. The maximum atomic E-state index is 12.5. The van der Waals surface area contributed by atoms with Crippen LogP contribution in [0.25, 0.3) is 0 Å². The highest BCUT2D eigenvalue weighted by molar-refractivity contribution is 6.95. The Morgan fingerprint density at radius 3 is 1.11 bits per heavy atom. The largest absolute Gasteiger partial charge is 0.470 e. The summed E-state index contributed by atoms with van der Waals surface area (Å²) in [6.07, 6.45) is 2.25. The van der Waals surface area contributed by atoms with Gasteiger partial charge in [-0.25, -0.2) is 4.79 Å². The molecule has 0 saturated carbocycles. The van der Waals surface area contributed by atoms with Gasteiger partial charge in [0.15, 0.2) is 8.32 Å². The van der Waals surface area contributed by atoms with Crippen molar-refractivity contribution in [2.24, 2.45) is 0 Å². The zero-order chi connectivity index (χ0) is 44.8. The lowest BCUT2D eigenvalue weighted by molar-refractivity contribution is -0.139. The fourth-order valence-corrected chi connectivity index (χ4v) is 23.7. The van der Waals surface area contributed by atoms with E-state index in [2.05, 4.69) is 178 Å². The maximum Gasteiger partial charge on any atom is 0.470 e. The number of carbonyl (C=O) groups excluding carboxylic acids is 1. The molecule has 0 amide bonds. The smallest absolute Gasteiger partial charge is 0.462 e. The quantitative estimate of drug-likeness (QED) is 0.0252. The molecule has 0 aliphatic carbocycles. The van der Waals surface area contributed by atoms with E-state index in [0.717, 1.165) is 31.1 Å². The molecule has 0 fully saturated rings. The first kappa shape index (κ1) is 49.2. The fraction of sp³-hybridized carbons (Fsp3) is 0.196. The van der Waals surface area contributed by atoms with Gasteiger partial charge in [0.2, 0.25) is 27.1 Å². The lowest BCUT2D eigenvalue weighted by Crippen LogP contribution is -2.66. The van der Waals surface area contributed by atoms with E-state index in [0.29, 0.717) is 37.9 Å². The third-order valence-corrected chi connectivity index (χ3v) is 24.8. The second-order valence-corrected chi connectivity index (χ2v) is 31.5. The Labute approximate surface area is 382 Å². The van der Waals surface area contributed by atoms with E-state index in [4.69, 9.17) is 26.2 Å². The Bertz CT molecular complexity index is 1890. The first-order valence-electron chi connectivity index (χ1n) is 21.6. The number of hydrogen-bond donors (Lipinski definition) is 0. The predicted molar refractivity (Wildman–Crippen MR) is 272 cm³/mol. The number of esters is 1. The molecule has 0 unspecified atom stereocenters. The summed E-state index contributed by atoms with van der Waals surface area (Å²) in [4.78, 5) is 12.5. The summed E-state index contributed by atoms with van der Waals surface area (Å²) in [6.45, 7) is 17.7. The van der Waals surface area contributed by atoms with Crippen LogP contribution in [0.3, 0.4) is 0 Å². The molecular formula is C51H62O7Si5. The molecule has 0 heterocycles. The number of carbonyl (C=O) groups is 1. The van der Waals surface area contributed by atoms with Gasteiger partial charge in [0, 0.05) is 11.6 Å². The van der Waals surface area contributed by atoms with Crippen LogP contribution in [0.1, 0.15) is 13.3 Å². The minimum absolute atomic E-state index is 0.200. The zero-order valence-corrected chi connectivity index (χ0v) is 42.6. The van der Waals surface area contributed by atoms with Crippen LogP contribution in [0.5, 0.6) is 0 Å². The molecule has 0 atom stereocenters. The summed E-state index contributed by atoms with van der Waals surface area (Å²) in [5.74, 6) is -0.405. The van der Waals surface area contributed by atoms with Crippen molar-refractivity contribution in [2.45, 2.75) is 39.0 Å². The Morgan fingerprint density at radius 1 is 0.524 bits per heavy atom. The van der Waals surface area contributed by atoms with E-state index in [1.807, 2.05) is 36.4 Å². The molecule has 0 spiro atoms. The van der Waals surface area contributed by atoms with E-state index in [-0.39, 0.29) is 6.61 Å². The molecule has 12 heteroatoms. The number of benzene rings is 6. The molecule has 328 valence electrons. The molecule has 6 rings (SSSR count). The van der Waals surface area contributed by atoms with E-state index in [1.165, 1.54) is 0 Å². The van der Waals surface area contributed by atoms with Crippen LogP contribution in [-0.4, -0.2) is 76.6 Å². The minimum Gasteiger partial charge on any atom is -0.462 e. The van der Waals surface area contributed by atoms with Crippen molar-refractivity contribution in [3.63, 3.8) is 0 Å². The monoisotopic (exact) mass is 926 g/mol. The average molecular weight is 927 g/mol. The normalized spacial score (nSPS) is 11.5. The van der Waals surface area contributed by atoms with Crippen molar-refractivity contribution in [3.8, 4) is 0 Å². The van der Waals surface area contributed by atoms with Crippen molar-refractivity contribution in [3.05, 3.63) is 207 Å². The highest BCUT2D eigenvalue weighted by Crippen LogP contribution is 2.23. The summed E-state index contributed by atoms with van der Waals surface area (Å²) in [5, 5.41) is 6.84. The number of rotatable bonds is 23. The van der Waals surface area contributed by atoms with Gasteiger partial charge in [-0.3, -0.25) is 0 Å². The summed E-state index contributed by atoms with van der Waals surface area (Å²) < 4.78 is 39.7. The molecule has 0 N–H and O–H groups in total. The van der Waals surface area contributed by atoms with Crippen LogP contribution in [0.2, 0.25) is 25.7 Å². The Hall–Kier alpha value is -4.85. The maximum absolute atomic E-state index is 12.5. The third-order valence-electron chi connectivity index (χ3n) is 9.71. The van der Waals surface area contributed by atoms with Crippen molar-refractivity contribution in [1.29, 1.82) is 0 Å². The van der Waals surface area contributed by atoms with Crippen LogP contribution in [-0.2, 0) is 31.0 Å². The molecule has 63 heavy (non-hydrogen) atoms. The predicted octanol–water partition coefficient (Wildman–Crippen LogP) is 6.14. The van der Waals surface area contributed by atoms with Gasteiger partial charge >= 0.3 is 14.8 Å². The van der Waals surface area contributed by atoms with Crippen LogP contribution in [0.4, 0.5) is 0 Å². The van der Waals surface area contributed by atoms with Crippen LogP contribution in [0.15, 0.2) is 207 Å². The molecule has 0 aromatic heterocycles. The minimum atomic E-state index is -3.71. The van der Waals surface area contributed by atoms with Gasteiger partial charge in [-0.05, 0) is 64.1 Å². The van der Waals surface area contributed by atoms with Crippen LogP contribution in [0, 0.1) is 0 Å². The second kappa shape index (κ2) is 26.1. The van der Waals surface area contributed by atoms with Gasteiger partial charge in [-0.2, -0.15) is 0 Å². The summed E-state index contributed by atoms with van der Waals surface area (Å²) >= 11 is 0. The highest BCUT2D eigenvalue weighted by atomic mass is 28.5. The molecule has 0 radical (unpaired) electrons. The van der Waals surface area contributed by atoms with Gasteiger partial charge in [-0.1, -0.05) is 195 Å².